The summed E-state index contributed by atoms with van der Waals surface area (Å²) in [4.78, 5) is 10.2. The van der Waals surface area contributed by atoms with Crippen LogP contribution in [-0.4, -0.2) is 10.0 Å². The van der Waals surface area contributed by atoms with Crippen molar-refractivity contribution in [2.45, 2.75) is 13.3 Å². The Morgan fingerprint density at radius 1 is 1.23 bits per heavy atom. The summed E-state index contributed by atoms with van der Waals surface area (Å²) in [5.41, 5.74) is 2.82. The van der Waals surface area contributed by atoms with Crippen molar-refractivity contribution in [3.63, 3.8) is 0 Å². The summed E-state index contributed by atoms with van der Waals surface area (Å²) in [6.45, 7) is 2.07. The largest absolute Gasteiger partial charge is 0.332 e. The molecule has 0 aliphatic rings. The van der Waals surface area contributed by atoms with Gasteiger partial charge in [0.05, 0.1) is 4.92 Å². The third kappa shape index (κ3) is 4.25. The summed E-state index contributed by atoms with van der Waals surface area (Å²) in [5, 5.41) is 17.2. The number of hydrogen-bond donors (Lipinski definition) is 2. The zero-order chi connectivity index (χ0) is 16.1. The number of hydrogen-bond acceptors (Lipinski definition) is 3. The highest BCUT2D eigenvalue weighted by Gasteiger charge is 2.06. The second kappa shape index (κ2) is 7.33. The number of nitro groups is 1. The van der Waals surface area contributed by atoms with Gasteiger partial charge in [0.2, 0.25) is 0 Å². The van der Waals surface area contributed by atoms with E-state index in [1.807, 2.05) is 18.2 Å². The highest BCUT2D eigenvalue weighted by molar-refractivity contribution is 9.10. The Morgan fingerprint density at radius 2 is 1.91 bits per heavy atom. The first-order chi connectivity index (χ1) is 10.5. The van der Waals surface area contributed by atoms with Crippen molar-refractivity contribution < 1.29 is 4.92 Å². The van der Waals surface area contributed by atoms with Crippen LogP contribution in [0, 0.1) is 10.1 Å². The molecule has 0 radical (unpaired) electrons. The Kier molecular flexibility index (Phi) is 5.46. The molecule has 0 atom stereocenters. The van der Waals surface area contributed by atoms with Crippen LogP contribution in [0.15, 0.2) is 46.9 Å². The van der Waals surface area contributed by atoms with Gasteiger partial charge in [0.15, 0.2) is 5.11 Å². The van der Waals surface area contributed by atoms with Crippen LogP contribution < -0.4 is 10.6 Å². The lowest BCUT2D eigenvalue weighted by molar-refractivity contribution is -0.384. The number of benzene rings is 2. The van der Waals surface area contributed by atoms with E-state index < -0.39 is 4.92 Å². The van der Waals surface area contributed by atoms with Crippen LogP contribution in [0.2, 0.25) is 0 Å². The monoisotopic (exact) mass is 379 g/mol. The van der Waals surface area contributed by atoms with Crippen molar-refractivity contribution in [2.24, 2.45) is 0 Å². The van der Waals surface area contributed by atoms with E-state index in [1.54, 1.807) is 12.1 Å². The normalized spacial score (nSPS) is 10.1. The lowest BCUT2D eigenvalue weighted by Crippen LogP contribution is -2.19. The van der Waals surface area contributed by atoms with E-state index >= 15 is 0 Å². The number of aryl methyl sites for hydroxylation is 1. The van der Waals surface area contributed by atoms with Crippen molar-refractivity contribution in [2.75, 3.05) is 10.6 Å². The Bertz CT molecular complexity index is 704. The van der Waals surface area contributed by atoms with Crippen LogP contribution in [0.4, 0.5) is 17.1 Å². The molecule has 0 fully saturated rings. The lowest BCUT2D eigenvalue weighted by atomic mass is 10.1. The first-order valence-electron chi connectivity index (χ1n) is 6.60. The van der Waals surface area contributed by atoms with E-state index in [0.717, 1.165) is 22.1 Å². The quantitative estimate of drug-likeness (QED) is 0.456. The standard InChI is InChI=1S/C15H14BrN3O2S/c1-2-10-9-11(16)3-8-14(10)18-15(22)17-12-4-6-13(7-5-12)19(20)21/h3-9H,2H2,1H3,(H2,17,18,22). The fourth-order valence-electron chi connectivity index (χ4n) is 1.93. The Morgan fingerprint density at radius 3 is 2.50 bits per heavy atom. The molecular weight excluding hydrogens is 366 g/mol. The summed E-state index contributed by atoms with van der Waals surface area (Å²) >= 11 is 8.72. The Balaban J connectivity index is 2.05. The first-order valence-corrected chi connectivity index (χ1v) is 7.80. The van der Waals surface area contributed by atoms with Gasteiger partial charge in [0, 0.05) is 28.0 Å². The van der Waals surface area contributed by atoms with Crippen LogP contribution in [-0.2, 0) is 6.42 Å². The molecule has 0 unspecified atom stereocenters. The molecule has 0 aromatic heterocycles. The maximum absolute atomic E-state index is 10.6. The molecule has 0 aliphatic heterocycles. The molecule has 0 amide bonds. The molecule has 0 heterocycles. The smallest absolute Gasteiger partial charge is 0.269 e. The summed E-state index contributed by atoms with van der Waals surface area (Å²) in [7, 11) is 0. The second-order valence-corrected chi connectivity index (χ2v) is 5.86. The number of nitrogens with zero attached hydrogens (tertiary/aromatic N) is 1. The average molecular weight is 380 g/mol. The van der Waals surface area contributed by atoms with Crippen molar-refractivity contribution >= 4 is 50.3 Å². The molecule has 0 spiro atoms. The molecule has 0 saturated heterocycles. The molecule has 0 saturated carbocycles. The molecule has 0 bridgehead atoms. The minimum Gasteiger partial charge on any atom is -0.332 e. The molecule has 2 aromatic carbocycles. The lowest BCUT2D eigenvalue weighted by Gasteiger charge is -2.13. The van der Waals surface area contributed by atoms with Gasteiger partial charge in [0.1, 0.15) is 0 Å². The zero-order valence-electron chi connectivity index (χ0n) is 11.8. The Labute approximate surface area is 142 Å². The second-order valence-electron chi connectivity index (χ2n) is 4.54. The van der Waals surface area contributed by atoms with Gasteiger partial charge in [-0.1, -0.05) is 22.9 Å². The van der Waals surface area contributed by atoms with Crippen LogP contribution in [0.5, 0.6) is 0 Å². The van der Waals surface area contributed by atoms with Gasteiger partial charge >= 0.3 is 0 Å². The van der Waals surface area contributed by atoms with E-state index in [4.69, 9.17) is 12.2 Å². The topological polar surface area (TPSA) is 67.2 Å². The molecule has 5 nitrogen and oxygen atoms in total. The van der Waals surface area contributed by atoms with Gasteiger partial charge < -0.3 is 10.6 Å². The van der Waals surface area contributed by atoms with Crippen LogP contribution >= 0.6 is 28.1 Å². The van der Waals surface area contributed by atoms with Crippen molar-refractivity contribution in [3.8, 4) is 0 Å². The molecular formula is C15H14BrN3O2S. The van der Waals surface area contributed by atoms with E-state index in [-0.39, 0.29) is 5.69 Å². The van der Waals surface area contributed by atoms with E-state index in [9.17, 15) is 10.1 Å². The third-order valence-electron chi connectivity index (χ3n) is 3.03. The number of nitro benzene ring substituents is 1. The summed E-state index contributed by atoms with van der Waals surface area (Å²) in [6, 6.07) is 12.0. The fraction of sp³-hybridized carbons (Fsp3) is 0.133. The number of anilines is 2. The summed E-state index contributed by atoms with van der Waals surface area (Å²) in [6.07, 6.45) is 0.877. The maximum atomic E-state index is 10.6. The predicted molar refractivity (Wildman–Crippen MR) is 96.5 cm³/mol. The minimum absolute atomic E-state index is 0.0469. The fourth-order valence-corrected chi connectivity index (χ4v) is 2.56. The van der Waals surface area contributed by atoms with Gasteiger partial charge in [-0.25, -0.2) is 0 Å². The van der Waals surface area contributed by atoms with Gasteiger partial charge in [-0.15, -0.1) is 0 Å². The van der Waals surface area contributed by atoms with Gasteiger partial charge in [-0.3, -0.25) is 10.1 Å². The average Bonchev–Trinajstić information content (AvgIpc) is 2.49. The highest BCUT2D eigenvalue weighted by Crippen LogP contribution is 2.22. The summed E-state index contributed by atoms with van der Waals surface area (Å²) in [5.74, 6) is 0. The van der Waals surface area contributed by atoms with E-state index in [2.05, 4.69) is 33.5 Å². The zero-order valence-corrected chi connectivity index (χ0v) is 14.2. The van der Waals surface area contributed by atoms with Crippen LogP contribution in [0.25, 0.3) is 0 Å². The Hall–Kier alpha value is -1.99. The minimum atomic E-state index is -0.435. The molecule has 114 valence electrons. The number of rotatable bonds is 4. The molecule has 2 rings (SSSR count). The van der Waals surface area contributed by atoms with E-state index in [0.29, 0.717) is 10.8 Å². The number of halogens is 1. The van der Waals surface area contributed by atoms with Crippen molar-refractivity contribution in [1.29, 1.82) is 0 Å². The predicted octanol–water partition coefficient (Wildman–Crippen LogP) is 4.73. The molecule has 0 aliphatic carbocycles. The number of thiocarbonyl (C=S) groups is 1. The molecule has 2 N–H and O–H groups in total. The van der Waals surface area contributed by atoms with Crippen LogP contribution in [0.1, 0.15) is 12.5 Å². The molecule has 7 heteroatoms. The third-order valence-corrected chi connectivity index (χ3v) is 3.73. The molecule has 22 heavy (non-hydrogen) atoms. The van der Waals surface area contributed by atoms with Crippen molar-refractivity contribution in [3.05, 3.63) is 62.6 Å². The van der Waals surface area contributed by atoms with Crippen molar-refractivity contribution in [1.82, 2.24) is 0 Å². The maximum Gasteiger partial charge on any atom is 0.269 e. The first kappa shape index (κ1) is 16.4. The van der Waals surface area contributed by atoms with E-state index in [1.165, 1.54) is 12.1 Å². The van der Waals surface area contributed by atoms with Gasteiger partial charge in [-0.2, -0.15) is 0 Å². The summed E-state index contributed by atoms with van der Waals surface area (Å²) < 4.78 is 1.02. The van der Waals surface area contributed by atoms with Gasteiger partial charge in [0.25, 0.3) is 5.69 Å². The molecule has 2 aromatic rings. The highest BCUT2D eigenvalue weighted by atomic mass is 79.9. The van der Waals surface area contributed by atoms with Gasteiger partial charge in [-0.05, 0) is 54.5 Å². The SMILES string of the molecule is CCc1cc(Br)ccc1NC(=S)Nc1ccc([N+](=O)[O-])cc1. The number of non-ortho nitro benzene ring substituents is 1. The number of nitrogens with one attached hydrogen (secondary N) is 2. The van der Waals surface area contributed by atoms with Crippen LogP contribution in [0.3, 0.4) is 0 Å².